The summed E-state index contributed by atoms with van der Waals surface area (Å²) in [6, 6.07) is 14.0. The van der Waals surface area contributed by atoms with Crippen molar-refractivity contribution < 1.29 is 4.79 Å². The SMILES string of the molecule is CC(C)(CC(=O)NCc1cn2cc(Br)ccc2n1)c1ccccc1. The molecule has 0 fully saturated rings. The summed E-state index contributed by atoms with van der Waals surface area (Å²) in [4.78, 5) is 16.8. The van der Waals surface area contributed by atoms with Gasteiger partial charge in [-0.1, -0.05) is 44.2 Å². The van der Waals surface area contributed by atoms with Gasteiger partial charge in [0.25, 0.3) is 0 Å². The zero-order valence-electron chi connectivity index (χ0n) is 13.8. The van der Waals surface area contributed by atoms with Gasteiger partial charge in [-0.2, -0.15) is 0 Å². The lowest BCUT2D eigenvalue weighted by Gasteiger charge is -2.24. The number of carbonyl (C=O) groups is 1. The summed E-state index contributed by atoms with van der Waals surface area (Å²) in [5.41, 5.74) is 2.68. The van der Waals surface area contributed by atoms with E-state index in [-0.39, 0.29) is 11.3 Å². The first-order valence-corrected chi connectivity index (χ1v) is 8.69. The second-order valence-corrected chi connectivity index (χ2v) is 7.46. The molecule has 0 aliphatic rings. The van der Waals surface area contributed by atoms with Gasteiger partial charge in [0, 0.05) is 23.3 Å². The number of fused-ring (bicyclic) bond motifs is 1. The number of nitrogens with zero attached hydrogens (tertiary/aromatic N) is 2. The summed E-state index contributed by atoms with van der Waals surface area (Å²) < 4.78 is 2.94. The van der Waals surface area contributed by atoms with Crippen molar-refractivity contribution in [2.45, 2.75) is 32.2 Å². The van der Waals surface area contributed by atoms with E-state index in [0.717, 1.165) is 21.4 Å². The molecule has 1 amide bonds. The number of nitrogens with one attached hydrogen (secondary N) is 1. The smallest absolute Gasteiger partial charge is 0.221 e. The van der Waals surface area contributed by atoms with Gasteiger partial charge in [0.2, 0.25) is 5.91 Å². The standard InChI is InChI=1S/C19H20BrN3O/c1-19(2,14-6-4-3-5-7-14)10-18(24)21-11-16-13-23-12-15(20)8-9-17(23)22-16/h3-9,12-13H,10-11H2,1-2H3,(H,21,24). The van der Waals surface area contributed by atoms with Crippen molar-refractivity contribution in [3.63, 3.8) is 0 Å². The number of halogens is 1. The maximum atomic E-state index is 12.3. The van der Waals surface area contributed by atoms with Crippen molar-refractivity contribution in [2.75, 3.05) is 0 Å². The van der Waals surface area contributed by atoms with E-state index in [1.807, 2.05) is 47.1 Å². The third-order valence-electron chi connectivity index (χ3n) is 4.09. The van der Waals surface area contributed by atoms with Crippen LogP contribution in [0, 0.1) is 0 Å². The number of benzene rings is 1. The Morgan fingerprint density at radius 3 is 2.67 bits per heavy atom. The minimum absolute atomic E-state index is 0.0297. The molecular formula is C19H20BrN3O. The van der Waals surface area contributed by atoms with Crippen molar-refractivity contribution in [3.8, 4) is 0 Å². The van der Waals surface area contributed by atoms with Gasteiger partial charge in [-0.3, -0.25) is 4.79 Å². The average Bonchev–Trinajstić information content (AvgIpc) is 2.95. The number of imidazole rings is 1. The van der Waals surface area contributed by atoms with Gasteiger partial charge in [-0.15, -0.1) is 0 Å². The van der Waals surface area contributed by atoms with Gasteiger partial charge >= 0.3 is 0 Å². The molecule has 1 N–H and O–H groups in total. The Morgan fingerprint density at radius 2 is 1.92 bits per heavy atom. The Labute approximate surface area is 150 Å². The fourth-order valence-corrected chi connectivity index (χ4v) is 3.10. The molecule has 0 unspecified atom stereocenters. The Kier molecular flexibility index (Phi) is 4.71. The summed E-state index contributed by atoms with van der Waals surface area (Å²) in [6.07, 6.45) is 4.32. The van der Waals surface area contributed by atoms with Crippen molar-refractivity contribution in [1.29, 1.82) is 0 Å². The second-order valence-electron chi connectivity index (χ2n) is 6.55. The van der Waals surface area contributed by atoms with Crippen molar-refractivity contribution in [1.82, 2.24) is 14.7 Å². The summed E-state index contributed by atoms with van der Waals surface area (Å²) in [5, 5.41) is 2.97. The molecule has 0 bridgehead atoms. The van der Waals surface area contributed by atoms with Crippen molar-refractivity contribution in [2.24, 2.45) is 0 Å². The van der Waals surface area contributed by atoms with E-state index in [4.69, 9.17) is 0 Å². The molecule has 0 aliphatic carbocycles. The van der Waals surface area contributed by atoms with Gasteiger partial charge < -0.3 is 9.72 Å². The quantitative estimate of drug-likeness (QED) is 0.718. The summed E-state index contributed by atoms with van der Waals surface area (Å²) in [7, 11) is 0. The predicted octanol–water partition coefficient (Wildman–Crippen LogP) is 4.08. The first-order chi connectivity index (χ1) is 11.4. The van der Waals surface area contributed by atoms with Gasteiger partial charge in [0.1, 0.15) is 5.65 Å². The molecule has 0 radical (unpaired) electrons. The first kappa shape index (κ1) is 16.7. The lowest BCUT2D eigenvalue weighted by Crippen LogP contribution is -2.30. The van der Waals surface area contributed by atoms with Gasteiger partial charge in [0.05, 0.1) is 12.2 Å². The fraction of sp³-hybridized carbons (Fsp3) is 0.263. The molecule has 4 nitrogen and oxygen atoms in total. The Bertz CT molecular complexity index is 855. The van der Waals surface area contributed by atoms with Crippen molar-refractivity contribution in [3.05, 3.63) is 70.6 Å². The average molecular weight is 386 g/mol. The number of hydrogen-bond donors (Lipinski definition) is 1. The van der Waals surface area contributed by atoms with E-state index in [9.17, 15) is 4.79 Å². The van der Waals surface area contributed by atoms with Crippen LogP contribution in [0.1, 0.15) is 31.5 Å². The molecule has 0 spiro atoms. The second kappa shape index (κ2) is 6.77. The monoisotopic (exact) mass is 385 g/mol. The van der Waals surface area contributed by atoms with E-state index in [2.05, 4.69) is 52.2 Å². The predicted molar refractivity (Wildman–Crippen MR) is 98.8 cm³/mol. The van der Waals surface area contributed by atoms with Crippen LogP contribution in [-0.2, 0) is 16.8 Å². The highest BCUT2D eigenvalue weighted by Crippen LogP contribution is 2.26. The normalized spacial score (nSPS) is 11.6. The maximum Gasteiger partial charge on any atom is 0.221 e. The summed E-state index contributed by atoms with van der Waals surface area (Å²) >= 11 is 3.44. The minimum Gasteiger partial charge on any atom is -0.350 e. The molecule has 124 valence electrons. The Morgan fingerprint density at radius 1 is 1.17 bits per heavy atom. The Balaban J connectivity index is 1.62. The van der Waals surface area contributed by atoms with Crippen LogP contribution >= 0.6 is 15.9 Å². The van der Waals surface area contributed by atoms with E-state index < -0.39 is 0 Å². The molecule has 2 aromatic heterocycles. The number of aromatic nitrogens is 2. The largest absolute Gasteiger partial charge is 0.350 e. The first-order valence-electron chi connectivity index (χ1n) is 7.89. The maximum absolute atomic E-state index is 12.3. The highest BCUT2D eigenvalue weighted by atomic mass is 79.9. The fourth-order valence-electron chi connectivity index (χ4n) is 2.75. The number of pyridine rings is 1. The van der Waals surface area contributed by atoms with E-state index in [0.29, 0.717) is 13.0 Å². The molecule has 5 heteroatoms. The highest BCUT2D eigenvalue weighted by Gasteiger charge is 2.23. The lowest BCUT2D eigenvalue weighted by molar-refractivity contribution is -0.122. The van der Waals surface area contributed by atoms with Gasteiger partial charge in [-0.05, 0) is 39.0 Å². The lowest BCUT2D eigenvalue weighted by atomic mass is 9.81. The van der Waals surface area contributed by atoms with Crippen LogP contribution in [0.5, 0.6) is 0 Å². The molecule has 0 aliphatic heterocycles. The van der Waals surface area contributed by atoms with Crippen LogP contribution in [0.25, 0.3) is 5.65 Å². The number of carbonyl (C=O) groups excluding carboxylic acids is 1. The highest BCUT2D eigenvalue weighted by molar-refractivity contribution is 9.10. The molecule has 24 heavy (non-hydrogen) atoms. The van der Waals surface area contributed by atoms with Crippen LogP contribution in [0.15, 0.2) is 59.3 Å². The van der Waals surface area contributed by atoms with Crippen LogP contribution < -0.4 is 5.32 Å². The van der Waals surface area contributed by atoms with E-state index in [1.54, 1.807) is 0 Å². The minimum atomic E-state index is -0.199. The Hall–Kier alpha value is -2.14. The van der Waals surface area contributed by atoms with Crippen LogP contribution in [0.4, 0.5) is 0 Å². The zero-order valence-corrected chi connectivity index (χ0v) is 15.4. The molecule has 0 atom stereocenters. The van der Waals surface area contributed by atoms with Gasteiger partial charge in [0.15, 0.2) is 0 Å². The molecule has 3 rings (SSSR count). The van der Waals surface area contributed by atoms with Crippen LogP contribution in [0.2, 0.25) is 0 Å². The summed E-state index contributed by atoms with van der Waals surface area (Å²) in [6.45, 7) is 4.61. The van der Waals surface area contributed by atoms with Crippen LogP contribution in [0.3, 0.4) is 0 Å². The van der Waals surface area contributed by atoms with E-state index in [1.165, 1.54) is 0 Å². The van der Waals surface area contributed by atoms with Crippen molar-refractivity contribution >= 4 is 27.5 Å². The molecule has 0 saturated heterocycles. The van der Waals surface area contributed by atoms with Crippen LogP contribution in [-0.4, -0.2) is 15.3 Å². The molecule has 3 aromatic rings. The topological polar surface area (TPSA) is 46.4 Å². The van der Waals surface area contributed by atoms with Gasteiger partial charge in [-0.25, -0.2) is 4.98 Å². The van der Waals surface area contributed by atoms with E-state index >= 15 is 0 Å². The summed E-state index contributed by atoms with van der Waals surface area (Å²) in [5.74, 6) is 0.0297. The number of amides is 1. The number of rotatable bonds is 5. The molecule has 2 heterocycles. The molecule has 1 aromatic carbocycles. The third-order valence-corrected chi connectivity index (χ3v) is 4.56. The molecular weight excluding hydrogens is 366 g/mol. The third kappa shape index (κ3) is 3.85. The number of hydrogen-bond acceptors (Lipinski definition) is 2. The molecule has 0 saturated carbocycles. The zero-order chi connectivity index (χ0) is 17.2.